The van der Waals surface area contributed by atoms with E-state index in [0.717, 1.165) is 5.56 Å². The van der Waals surface area contributed by atoms with E-state index < -0.39 is 29.6 Å². The Morgan fingerprint density at radius 2 is 1.97 bits per heavy atom. The Balaban J connectivity index is 1.81. The molecule has 0 saturated carbocycles. The van der Waals surface area contributed by atoms with E-state index in [2.05, 4.69) is 29.1 Å². The number of hydrogen-bond donors (Lipinski definition) is 1. The van der Waals surface area contributed by atoms with Gasteiger partial charge in [-0.25, -0.2) is 0 Å². The van der Waals surface area contributed by atoms with E-state index in [1.807, 2.05) is 19.1 Å². The van der Waals surface area contributed by atoms with Gasteiger partial charge in [-0.2, -0.15) is 0 Å². The Bertz CT molecular complexity index is 1110. The van der Waals surface area contributed by atoms with Crippen LogP contribution in [0, 0.1) is 18.8 Å². The molecular weight excluding hydrogens is 574 g/mol. The summed E-state index contributed by atoms with van der Waals surface area (Å²) < 4.78 is 6.59. The normalized spacial score (nSPS) is 29.3. The topological polar surface area (TPSA) is 90.4 Å². The lowest BCUT2D eigenvalue weighted by Crippen LogP contribution is -2.57. The maximum absolute atomic E-state index is 14.5. The van der Waals surface area contributed by atoms with E-state index in [0.29, 0.717) is 36.5 Å². The number of nitrogens with zero attached hydrogens (tertiary/aromatic N) is 3. The average molecular weight is 609 g/mol. The van der Waals surface area contributed by atoms with Crippen LogP contribution in [-0.2, 0) is 19.1 Å². The number of unbranched alkanes of at least 4 members (excludes halogenated alkanes) is 1. The number of fused-ring (bicyclic) bond motifs is 1. The summed E-state index contributed by atoms with van der Waals surface area (Å²) in [6.07, 6.45) is 4.14. The van der Waals surface area contributed by atoms with Crippen molar-refractivity contribution in [3.63, 3.8) is 0 Å². The van der Waals surface area contributed by atoms with Crippen molar-refractivity contribution in [2.24, 2.45) is 11.8 Å². The lowest BCUT2D eigenvalue weighted by atomic mass is 9.70. The smallest absolute Gasteiger partial charge is 0.253 e. The Morgan fingerprint density at radius 3 is 2.61 bits per heavy atom. The van der Waals surface area contributed by atoms with Gasteiger partial charge < -0.3 is 24.5 Å². The molecule has 3 amide bonds. The first-order valence-corrected chi connectivity index (χ1v) is 14.2. The summed E-state index contributed by atoms with van der Waals surface area (Å²) >= 11 is 10.3. The quantitative estimate of drug-likeness (QED) is 0.237. The van der Waals surface area contributed by atoms with Gasteiger partial charge in [-0.15, -0.1) is 13.2 Å². The molecule has 1 N–H and O–H groups in total. The molecule has 3 heterocycles. The van der Waals surface area contributed by atoms with Gasteiger partial charge in [0.1, 0.15) is 11.6 Å². The first-order valence-electron chi connectivity index (χ1n) is 12.9. The van der Waals surface area contributed by atoms with Gasteiger partial charge in [0, 0.05) is 38.1 Å². The minimum Gasteiger partial charge on any atom is -0.396 e. The molecule has 38 heavy (non-hydrogen) atoms. The molecule has 206 valence electrons. The molecular formula is C28H35BrClN3O5. The fourth-order valence-corrected chi connectivity index (χ4v) is 7.66. The summed E-state index contributed by atoms with van der Waals surface area (Å²) in [5.74, 6) is -2.30. The van der Waals surface area contributed by atoms with Gasteiger partial charge in [0.05, 0.1) is 28.6 Å². The van der Waals surface area contributed by atoms with Crippen molar-refractivity contribution < 1.29 is 24.2 Å². The van der Waals surface area contributed by atoms with Crippen molar-refractivity contribution in [2.75, 3.05) is 38.2 Å². The van der Waals surface area contributed by atoms with E-state index in [9.17, 15) is 19.5 Å². The van der Waals surface area contributed by atoms with Gasteiger partial charge in [-0.1, -0.05) is 51.8 Å². The van der Waals surface area contributed by atoms with E-state index in [1.165, 1.54) is 0 Å². The molecule has 10 heteroatoms. The molecule has 1 aromatic carbocycles. The van der Waals surface area contributed by atoms with Crippen LogP contribution in [-0.4, -0.2) is 88.5 Å². The highest BCUT2D eigenvalue weighted by Crippen LogP contribution is 2.60. The second-order valence-corrected chi connectivity index (χ2v) is 11.9. The minimum absolute atomic E-state index is 0.0217. The van der Waals surface area contributed by atoms with Crippen molar-refractivity contribution in [1.82, 2.24) is 9.80 Å². The molecule has 3 fully saturated rings. The molecule has 3 unspecified atom stereocenters. The summed E-state index contributed by atoms with van der Waals surface area (Å²) in [5.41, 5.74) is 0.200. The second kappa shape index (κ2) is 11.5. The summed E-state index contributed by atoms with van der Waals surface area (Å²) in [5, 5.41) is 9.80. The van der Waals surface area contributed by atoms with E-state index in [-0.39, 0.29) is 42.2 Å². The third-order valence-corrected chi connectivity index (χ3v) is 9.08. The van der Waals surface area contributed by atoms with E-state index in [4.69, 9.17) is 16.3 Å². The fourth-order valence-electron chi connectivity index (χ4n) is 6.40. The molecule has 3 aliphatic rings. The number of halogens is 2. The number of aliphatic hydroxyl groups is 1. The predicted octanol–water partition coefficient (Wildman–Crippen LogP) is 3.33. The number of rotatable bonds is 11. The lowest BCUT2D eigenvalue weighted by Gasteiger charge is -2.37. The SMILES string of the molecule is C=CCN(C)C(=O)[C@H]1[C@@H]2OC3(CC2Br)C(C(=O)N(CC=C)c2c(C)cccc2Cl)N(CCCCO)C(=O)[C@H]13. The molecule has 0 radical (unpaired) electrons. The van der Waals surface area contributed by atoms with Crippen LogP contribution in [0.5, 0.6) is 0 Å². The average Bonchev–Trinajstić information content (AvgIpc) is 3.46. The summed E-state index contributed by atoms with van der Waals surface area (Å²) in [4.78, 5) is 46.7. The van der Waals surface area contributed by atoms with Gasteiger partial charge in [0.2, 0.25) is 11.8 Å². The molecule has 3 aliphatic heterocycles. The van der Waals surface area contributed by atoms with Crippen LogP contribution >= 0.6 is 27.5 Å². The number of likely N-dealkylation sites (tertiary alicyclic amines) is 1. The van der Waals surface area contributed by atoms with Crippen LogP contribution in [0.4, 0.5) is 5.69 Å². The maximum atomic E-state index is 14.5. The Labute approximate surface area is 237 Å². The number of hydrogen-bond acceptors (Lipinski definition) is 5. The maximum Gasteiger partial charge on any atom is 0.253 e. The van der Waals surface area contributed by atoms with Crippen molar-refractivity contribution in [3.05, 3.63) is 54.1 Å². The Morgan fingerprint density at radius 1 is 1.26 bits per heavy atom. The number of aliphatic hydroxyl groups excluding tert-OH is 1. The summed E-state index contributed by atoms with van der Waals surface area (Å²) in [6.45, 7) is 10.2. The predicted molar refractivity (Wildman–Crippen MR) is 150 cm³/mol. The zero-order chi connectivity index (χ0) is 27.8. The number of anilines is 1. The fraction of sp³-hybridized carbons (Fsp3) is 0.536. The van der Waals surface area contributed by atoms with Gasteiger partial charge in [0.15, 0.2) is 0 Å². The summed E-state index contributed by atoms with van der Waals surface area (Å²) in [6, 6.07) is 4.46. The third-order valence-electron chi connectivity index (χ3n) is 7.93. The van der Waals surface area contributed by atoms with E-state index >= 15 is 0 Å². The highest BCUT2D eigenvalue weighted by molar-refractivity contribution is 9.09. The Kier molecular flexibility index (Phi) is 8.71. The number of amides is 3. The lowest BCUT2D eigenvalue weighted by molar-refractivity contribution is -0.144. The van der Waals surface area contributed by atoms with Crippen molar-refractivity contribution >= 4 is 50.9 Å². The number of carbonyl (C=O) groups is 3. The zero-order valence-electron chi connectivity index (χ0n) is 21.8. The van der Waals surface area contributed by atoms with Crippen LogP contribution in [0.3, 0.4) is 0 Å². The van der Waals surface area contributed by atoms with E-state index in [1.54, 1.807) is 40.0 Å². The third kappa shape index (κ3) is 4.61. The summed E-state index contributed by atoms with van der Waals surface area (Å²) in [7, 11) is 1.68. The van der Waals surface area contributed by atoms with Crippen LogP contribution in [0.15, 0.2) is 43.5 Å². The van der Waals surface area contributed by atoms with Crippen LogP contribution in [0.2, 0.25) is 5.02 Å². The molecule has 1 spiro atoms. The molecule has 4 rings (SSSR count). The molecule has 8 nitrogen and oxygen atoms in total. The molecule has 6 atom stereocenters. The number of aryl methyl sites for hydroxylation is 1. The van der Waals surface area contributed by atoms with Crippen molar-refractivity contribution in [3.8, 4) is 0 Å². The van der Waals surface area contributed by atoms with Gasteiger partial charge in [-0.05, 0) is 37.8 Å². The number of para-hydroxylation sites is 1. The largest absolute Gasteiger partial charge is 0.396 e. The zero-order valence-corrected chi connectivity index (χ0v) is 24.2. The first kappa shape index (κ1) is 28.8. The van der Waals surface area contributed by atoms with Crippen LogP contribution in [0.25, 0.3) is 0 Å². The molecule has 0 aromatic heterocycles. The van der Waals surface area contributed by atoms with Gasteiger partial charge in [-0.3, -0.25) is 14.4 Å². The standard InChI is InChI=1S/C28H35BrClN3O5/c1-5-12-31(4)25(35)20-21-26(36)33(14-7-8-15-34)24(28(21)16-18(29)23(20)38-28)27(37)32(13-6-2)22-17(3)10-9-11-19(22)30/h5-6,9-11,18,20-21,23-24,34H,1-2,7-8,12-16H2,3-4H3/t18?,20-,21+,23-,24?,28?/m1/s1. The highest BCUT2D eigenvalue weighted by Gasteiger charge is 2.76. The first-order chi connectivity index (χ1) is 18.1. The van der Waals surface area contributed by atoms with Crippen molar-refractivity contribution in [1.29, 1.82) is 0 Å². The molecule has 0 aliphatic carbocycles. The number of benzene rings is 1. The van der Waals surface area contributed by atoms with Gasteiger partial charge in [0.25, 0.3) is 5.91 Å². The van der Waals surface area contributed by atoms with Crippen LogP contribution < -0.4 is 4.90 Å². The Hall–Kier alpha value is -2.20. The highest BCUT2D eigenvalue weighted by atomic mass is 79.9. The minimum atomic E-state index is -1.17. The molecule has 2 bridgehead atoms. The van der Waals surface area contributed by atoms with Crippen molar-refractivity contribution in [2.45, 2.75) is 48.8 Å². The monoisotopic (exact) mass is 607 g/mol. The molecule has 3 saturated heterocycles. The number of likely N-dealkylation sites (N-methyl/N-ethyl adjacent to an activating group) is 1. The number of carbonyl (C=O) groups excluding carboxylic acids is 3. The van der Waals surface area contributed by atoms with Crippen LogP contribution in [0.1, 0.15) is 24.8 Å². The van der Waals surface area contributed by atoms with Gasteiger partial charge >= 0.3 is 0 Å². The second-order valence-electron chi connectivity index (χ2n) is 10.3. The number of alkyl halides is 1. The molecule has 1 aromatic rings. The number of ether oxygens (including phenoxy) is 1.